The molecule has 5 nitrogen and oxygen atoms in total. The molecule has 0 aliphatic rings. The third-order valence-corrected chi connectivity index (χ3v) is 6.95. The van der Waals surface area contributed by atoms with E-state index in [4.69, 9.17) is 0 Å². The number of rotatable bonds is 4. The highest BCUT2D eigenvalue weighted by molar-refractivity contribution is 7.93. The minimum absolute atomic E-state index is 0.0298. The van der Waals surface area contributed by atoms with Gasteiger partial charge in [0.15, 0.2) is 5.82 Å². The van der Waals surface area contributed by atoms with Crippen LogP contribution in [0.15, 0.2) is 57.8 Å². The Hall–Kier alpha value is -2.56. The van der Waals surface area contributed by atoms with Crippen LogP contribution >= 0.6 is 11.5 Å². The van der Waals surface area contributed by atoms with Gasteiger partial charge in [-0.2, -0.15) is 9.64 Å². The van der Waals surface area contributed by atoms with E-state index in [1.54, 1.807) is 36.4 Å². The molecule has 0 fully saturated rings. The predicted octanol–water partition coefficient (Wildman–Crippen LogP) is 4.15. The zero-order valence-corrected chi connectivity index (χ0v) is 16.2. The maximum absolute atomic E-state index is 12.7. The smallest absolute Gasteiger partial charge is 0.216 e. The second kappa shape index (κ2) is 6.63. The van der Waals surface area contributed by atoms with Gasteiger partial charge in [0.1, 0.15) is 0 Å². The van der Waals surface area contributed by atoms with E-state index in [1.165, 1.54) is 0 Å². The molecular formula is C19H17N3O2S2. The summed E-state index contributed by atoms with van der Waals surface area (Å²) < 4.78 is 29.5. The standard InChI is InChI=1S/C19H17N3O2S2/c1-13-4-10-16(11-5-13)26(23,24)18-21-17(22-25-18)14-6-8-15(9-7-14)19(2,3)12-20/h4-11H,1-3H3. The Balaban J connectivity index is 1.93. The van der Waals surface area contributed by atoms with Crippen LogP contribution < -0.4 is 0 Å². The molecule has 0 spiro atoms. The fraction of sp³-hybridized carbons (Fsp3) is 0.211. The molecule has 0 aliphatic carbocycles. The molecule has 26 heavy (non-hydrogen) atoms. The molecule has 2 aromatic carbocycles. The van der Waals surface area contributed by atoms with Gasteiger partial charge in [-0.25, -0.2) is 13.4 Å². The highest BCUT2D eigenvalue weighted by Crippen LogP contribution is 2.28. The predicted molar refractivity (Wildman–Crippen MR) is 101 cm³/mol. The van der Waals surface area contributed by atoms with E-state index in [2.05, 4.69) is 15.4 Å². The molecule has 0 aliphatic heterocycles. The number of sulfone groups is 1. The van der Waals surface area contributed by atoms with Gasteiger partial charge in [0, 0.05) is 5.56 Å². The average Bonchev–Trinajstić information content (AvgIpc) is 3.13. The van der Waals surface area contributed by atoms with Crippen LogP contribution in [-0.2, 0) is 15.3 Å². The summed E-state index contributed by atoms with van der Waals surface area (Å²) in [7, 11) is -3.68. The van der Waals surface area contributed by atoms with Gasteiger partial charge in [0.2, 0.25) is 14.2 Å². The van der Waals surface area contributed by atoms with E-state index in [0.29, 0.717) is 11.4 Å². The molecular weight excluding hydrogens is 366 g/mol. The molecule has 3 rings (SSSR count). The largest absolute Gasteiger partial charge is 0.235 e. The lowest BCUT2D eigenvalue weighted by molar-refractivity contribution is 0.595. The summed E-state index contributed by atoms with van der Waals surface area (Å²) >= 11 is 0.863. The van der Waals surface area contributed by atoms with Crippen molar-refractivity contribution in [3.05, 3.63) is 59.7 Å². The van der Waals surface area contributed by atoms with Gasteiger partial charge in [-0.3, -0.25) is 0 Å². The molecule has 3 aromatic rings. The van der Waals surface area contributed by atoms with Crippen LogP contribution in [0.4, 0.5) is 0 Å². The van der Waals surface area contributed by atoms with Crippen LogP contribution in [-0.4, -0.2) is 17.8 Å². The molecule has 0 atom stereocenters. The highest BCUT2D eigenvalue weighted by Gasteiger charge is 2.24. The Morgan fingerprint density at radius 1 is 1.04 bits per heavy atom. The normalized spacial score (nSPS) is 11.9. The summed E-state index contributed by atoms with van der Waals surface area (Å²) in [5, 5.41) is 9.21. The quantitative estimate of drug-likeness (QED) is 0.676. The average molecular weight is 383 g/mol. The number of nitrogens with zero attached hydrogens (tertiary/aromatic N) is 3. The van der Waals surface area contributed by atoms with Crippen molar-refractivity contribution < 1.29 is 8.42 Å². The van der Waals surface area contributed by atoms with Crippen LogP contribution in [0.1, 0.15) is 25.0 Å². The van der Waals surface area contributed by atoms with Crippen molar-refractivity contribution in [2.45, 2.75) is 35.4 Å². The number of aromatic nitrogens is 2. The summed E-state index contributed by atoms with van der Waals surface area (Å²) in [5.41, 5.74) is 1.99. The van der Waals surface area contributed by atoms with Gasteiger partial charge in [-0.15, -0.1) is 0 Å². The number of aryl methyl sites for hydroxylation is 1. The van der Waals surface area contributed by atoms with E-state index >= 15 is 0 Å². The topological polar surface area (TPSA) is 83.7 Å². The Morgan fingerprint density at radius 3 is 2.23 bits per heavy atom. The van der Waals surface area contributed by atoms with Crippen LogP contribution in [0.3, 0.4) is 0 Å². The molecule has 1 aromatic heterocycles. The summed E-state index contributed by atoms with van der Waals surface area (Å²) in [4.78, 5) is 4.42. The minimum atomic E-state index is -3.68. The van der Waals surface area contributed by atoms with Crippen molar-refractivity contribution >= 4 is 21.4 Å². The van der Waals surface area contributed by atoms with Crippen molar-refractivity contribution in [2.75, 3.05) is 0 Å². The zero-order valence-electron chi connectivity index (χ0n) is 14.6. The maximum atomic E-state index is 12.7. The van der Waals surface area contributed by atoms with Crippen molar-refractivity contribution in [3.8, 4) is 17.5 Å². The Bertz CT molecular complexity index is 1080. The van der Waals surface area contributed by atoms with Crippen molar-refractivity contribution in [2.24, 2.45) is 0 Å². The molecule has 1 heterocycles. The third kappa shape index (κ3) is 3.39. The first kappa shape index (κ1) is 18.2. The first-order valence-corrected chi connectivity index (χ1v) is 10.2. The summed E-state index contributed by atoms with van der Waals surface area (Å²) in [6.45, 7) is 5.58. The van der Waals surface area contributed by atoms with Gasteiger partial charge in [-0.05, 0) is 50.0 Å². The Morgan fingerprint density at radius 2 is 1.65 bits per heavy atom. The SMILES string of the molecule is Cc1ccc(S(=O)(=O)c2nc(-c3ccc(C(C)(C)C#N)cc3)ns2)cc1. The summed E-state index contributed by atoms with van der Waals surface area (Å²) in [5.74, 6) is 0.363. The van der Waals surface area contributed by atoms with Gasteiger partial charge in [-0.1, -0.05) is 42.0 Å². The van der Waals surface area contributed by atoms with Crippen LogP contribution in [0.5, 0.6) is 0 Å². The molecule has 0 bridgehead atoms. The maximum Gasteiger partial charge on any atom is 0.235 e. The van der Waals surface area contributed by atoms with Crippen molar-refractivity contribution in [1.82, 2.24) is 9.36 Å². The van der Waals surface area contributed by atoms with Gasteiger partial charge in [0.05, 0.1) is 16.4 Å². The lowest BCUT2D eigenvalue weighted by Gasteiger charge is -2.15. The number of hydrogen-bond acceptors (Lipinski definition) is 6. The fourth-order valence-corrected chi connectivity index (χ4v) is 4.49. The van der Waals surface area contributed by atoms with Crippen LogP contribution in [0.2, 0.25) is 0 Å². The molecule has 0 saturated heterocycles. The molecule has 0 unspecified atom stereocenters. The van der Waals surface area contributed by atoms with E-state index in [9.17, 15) is 13.7 Å². The molecule has 0 amide bonds. The van der Waals surface area contributed by atoms with Crippen molar-refractivity contribution in [1.29, 1.82) is 5.26 Å². The van der Waals surface area contributed by atoms with E-state index < -0.39 is 15.3 Å². The monoisotopic (exact) mass is 383 g/mol. The van der Waals surface area contributed by atoms with E-state index in [-0.39, 0.29) is 9.24 Å². The number of benzene rings is 2. The highest BCUT2D eigenvalue weighted by atomic mass is 32.2. The van der Waals surface area contributed by atoms with Gasteiger partial charge >= 0.3 is 0 Å². The molecule has 7 heteroatoms. The zero-order chi connectivity index (χ0) is 18.9. The summed E-state index contributed by atoms with van der Waals surface area (Å²) in [6, 6.07) is 16.2. The van der Waals surface area contributed by atoms with E-state index in [0.717, 1.165) is 22.7 Å². The lowest BCUT2D eigenvalue weighted by atomic mass is 9.86. The Kier molecular flexibility index (Phi) is 4.65. The third-order valence-electron chi connectivity index (χ3n) is 4.11. The van der Waals surface area contributed by atoms with Crippen molar-refractivity contribution in [3.63, 3.8) is 0 Å². The fourth-order valence-electron chi connectivity index (χ4n) is 2.35. The second-order valence-corrected chi connectivity index (χ2v) is 9.39. The van der Waals surface area contributed by atoms with E-state index in [1.807, 2.05) is 32.9 Å². The minimum Gasteiger partial charge on any atom is -0.216 e. The first-order valence-electron chi connectivity index (χ1n) is 7.92. The number of hydrogen-bond donors (Lipinski definition) is 0. The first-order chi connectivity index (χ1) is 12.2. The molecule has 0 N–H and O–H groups in total. The van der Waals surface area contributed by atoms with Gasteiger partial charge in [0.25, 0.3) is 0 Å². The van der Waals surface area contributed by atoms with Gasteiger partial charge < -0.3 is 0 Å². The lowest BCUT2D eigenvalue weighted by Crippen LogP contribution is -2.13. The second-order valence-electron chi connectivity index (χ2n) is 6.51. The molecule has 132 valence electrons. The molecule has 0 radical (unpaired) electrons. The number of nitriles is 1. The van der Waals surface area contributed by atoms with Crippen LogP contribution in [0.25, 0.3) is 11.4 Å². The molecule has 0 saturated carbocycles. The van der Waals surface area contributed by atoms with Crippen LogP contribution in [0, 0.1) is 18.3 Å². The Labute approximate surface area is 157 Å². The summed E-state index contributed by atoms with van der Waals surface area (Å²) in [6.07, 6.45) is 0.